The maximum Gasteiger partial charge on any atom is 0.0611 e. The van der Waals surface area contributed by atoms with Gasteiger partial charge in [-0.15, -0.1) is 0 Å². The van der Waals surface area contributed by atoms with Gasteiger partial charge in [-0.05, 0) is 53.0 Å². The molecular weight excluding hydrogens is 240 g/mol. The van der Waals surface area contributed by atoms with E-state index < -0.39 is 0 Å². The molecule has 2 N–H and O–H groups in total. The van der Waals surface area contributed by atoms with Crippen molar-refractivity contribution < 1.29 is 9.84 Å². The van der Waals surface area contributed by atoms with Crippen LogP contribution in [0.1, 0.15) is 40.0 Å². The van der Waals surface area contributed by atoms with Gasteiger partial charge in [-0.3, -0.25) is 4.90 Å². The van der Waals surface area contributed by atoms with Gasteiger partial charge in [-0.1, -0.05) is 0 Å². The first-order chi connectivity index (χ1) is 8.97. The molecule has 0 spiro atoms. The van der Waals surface area contributed by atoms with Gasteiger partial charge >= 0.3 is 0 Å². The molecule has 0 bridgehead atoms. The number of hydrogen-bond donors (Lipinski definition) is 2. The summed E-state index contributed by atoms with van der Waals surface area (Å²) in [6.07, 6.45) is 3.67. The lowest BCUT2D eigenvalue weighted by molar-refractivity contribution is 0.0615. The van der Waals surface area contributed by atoms with E-state index in [-0.39, 0.29) is 12.1 Å². The summed E-state index contributed by atoms with van der Waals surface area (Å²) in [5.41, 5.74) is -0.200. The van der Waals surface area contributed by atoms with Crippen LogP contribution in [0.15, 0.2) is 0 Å². The number of ether oxygens (including phenoxy) is 1. The second kappa shape index (κ2) is 7.58. The van der Waals surface area contributed by atoms with Crippen molar-refractivity contribution in [2.24, 2.45) is 5.92 Å². The van der Waals surface area contributed by atoms with Gasteiger partial charge in [0.15, 0.2) is 0 Å². The fourth-order valence-corrected chi connectivity index (χ4v) is 2.89. The van der Waals surface area contributed by atoms with E-state index in [1.54, 1.807) is 7.11 Å². The highest BCUT2D eigenvalue weighted by Gasteiger charge is 2.35. The van der Waals surface area contributed by atoms with Crippen molar-refractivity contribution in [1.29, 1.82) is 0 Å². The first kappa shape index (κ1) is 16.9. The molecule has 114 valence electrons. The van der Waals surface area contributed by atoms with E-state index in [1.165, 1.54) is 12.8 Å². The van der Waals surface area contributed by atoms with Gasteiger partial charge in [-0.2, -0.15) is 0 Å². The predicted octanol–water partition coefficient (Wildman–Crippen LogP) is 1.48. The molecule has 3 unspecified atom stereocenters. The maximum atomic E-state index is 9.55. The SMILES string of the molecule is CNC(C)(CO)CC(C)N(CCOC)C(C)C1CC1. The van der Waals surface area contributed by atoms with Crippen molar-refractivity contribution in [3.63, 3.8) is 0 Å². The van der Waals surface area contributed by atoms with Crippen LogP contribution in [0.4, 0.5) is 0 Å². The highest BCUT2D eigenvalue weighted by Crippen LogP contribution is 2.36. The van der Waals surface area contributed by atoms with Crippen molar-refractivity contribution in [2.75, 3.05) is 33.9 Å². The lowest BCUT2D eigenvalue weighted by atomic mass is 9.93. The third-order valence-corrected chi connectivity index (χ3v) is 4.65. The Morgan fingerprint density at radius 1 is 1.42 bits per heavy atom. The molecule has 0 aromatic heterocycles. The molecule has 4 heteroatoms. The second-order valence-corrected chi connectivity index (χ2v) is 6.33. The van der Waals surface area contributed by atoms with Gasteiger partial charge in [-0.25, -0.2) is 0 Å². The number of nitrogens with zero attached hydrogens (tertiary/aromatic N) is 1. The Hall–Kier alpha value is -0.160. The molecule has 19 heavy (non-hydrogen) atoms. The van der Waals surface area contributed by atoms with Crippen molar-refractivity contribution >= 4 is 0 Å². The van der Waals surface area contributed by atoms with Crippen LogP contribution in [0.25, 0.3) is 0 Å². The summed E-state index contributed by atoms with van der Waals surface area (Å²) in [4.78, 5) is 2.55. The minimum atomic E-state index is -0.200. The van der Waals surface area contributed by atoms with Crippen molar-refractivity contribution in [2.45, 2.75) is 57.7 Å². The Balaban J connectivity index is 2.61. The van der Waals surface area contributed by atoms with Crippen LogP contribution in [0, 0.1) is 5.92 Å². The third-order valence-electron chi connectivity index (χ3n) is 4.65. The first-order valence-corrected chi connectivity index (χ1v) is 7.52. The summed E-state index contributed by atoms with van der Waals surface area (Å²) in [7, 11) is 3.68. The van der Waals surface area contributed by atoms with E-state index in [1.807, 2.05) is 7.05 Å². The van der Waals surface area contributed by atoms with E-state index in [9.17, 15) is 5.11 Å². The molecule has 4 nitrogen and oxygen atoms in total. The molecule has 1 aliphatic carbocycles. The first-order valence-electron chi connectivity index (χ1n) is 7.52. The van der Waals surface area contributed by atoms with Crippen LogP contribution in [-0.4, -0.2) is 61.5 Å². The molecule has 0 aliphatic heterocycles. The predicted molar refractivity (Wildman–Crippen MR) is 79.4 cm³/mol. The van der Waals surface area contributed by atoms with Crippen LogP contribution < -0.4 is 5.32 Å². The van der Waals surface area contributed by atoms with Crippen molar-refractivity contribution in [3.05, 3.63) is 0 Å². The van der Waals surface area contributed by atoms with Gasteiger partial charge in [0, 0.05) is 31.3 Å². The maximum absolute atomic E-state index is 9.55. The zero-order chi connectivity index (χ0) is 14.5. The molecule has 0 heterocycles. The number of likely N-dealkylation sites (N-methyl/N-ethyl adjacent to an activating group) is 1. The number of methoxy groups -OCH3 is 1. The standard InChI is InChI=1S/C15H32N2O2/c1-12(10-15(3,11-18)16-4)17(8-9-19-5)13(2)14-6-7-14/h12-14,16,18H,6-11H2,1-5H3. The van der Waals surface area contributed by atoms with Crippen molar-refractivity contribution in [3.8, 4) is 0 Å². The number of aliphatic hydroxyl groups is 1. The van der Waals surface area contributed by atoms with Crippen LogP contribution in [0.5, 0.6) is 0 Å². The van der Waals surface area contributed by atoms with Gasteiger partial charge in [0.1, 0.15) is 0 Å². The zero-order valence-electron chi connectivity index (χ0n) is 13.3. The van der Waals surface area contributed by atoms with Gasteiger partial charge in [0.05, 0.1) is 13.2 Å². The zero-order valence-corrected chi connectivity index (χ0v) is 13.3. The number of hydrogen-bond acceptors (Lipinski definition) is 4. The normalized spacial score (nSPS) is 22.3. The molecule has 0 radical (unpaired) electrons. The van der Waals surface area contributed by atoms with Crippen LogP contribution in [-0.2, 0) is 4.74 Å². The fraction of sp³-hybridized carbons (Fsp3) is 1.00. The Morgan fingerprint density at radius 2 is 2.05 bits per heavy atom. The number of aliphatic hydroxyl groups excluding tert-OH is 1. The molecule has 0 saturated heterocycles. The minimum Gasteiger partial charge on any atom is -0.394 e. The molecule has 1 aliphatic rings. The molecule has 1 fully saturated rings. The monoisotopic (exact) mass is 272 g/mol. The topological polar surface area (TPSA) is 44.7 Å². The Labute approximate surface area is 118 Å². The largest absolute Gasteiger partial charge is 0.394 e. The van der Waals surface area contributed by atoms with Crippen LogP contribution in [0.2, 0.25) is 0 Å². The van der Waals surface area contributed by atoms with Crippen LogP contribution in [0.3, 0.4) is 0 Å². The minimum absolute atomic E-state index is 0.170. The van der Waals surface area contributed by atoms with E-state index in [2.05, 4.69) is 31.0 Å². The molecule has 1 rings (SSSR count). The Morgan fingerprint density at radius 3 is 2.47 bits per heavy atom. The third kappa shape index (κ3) is 5.03. The molecule has 1 saturated carbocycles. The smallest absolute Gasteiger partial charge is 0.0611 e. The summed E-state index contributed by atoms with van der Waals surface area (Å²) in [6, 6.07) is 1.06. The molecule has 0 aromatic carbocycles. The number of nitrogens with one attached hydrogen (secondary N) is 1. The van der Waals surface area contributed by atoms with E-state index in [0.29, 0.717) is 12.1 Å². The lowest BCUT2D eigenvalue weighted by Crippen LogP contribution is -2.51. The summed E-state index contributed by atoms with van der Waals surface area (Å²) < 4.78 is 5.25. The summed E-state index contributed by atoms with van der Waals surface area (Å²) in [6.45, 7) is 8.60. The van der Waals surface area contributed by atoms with E-state index in [4.69, 9.17) is 4.74 Å². The second-order valence-electron chi connectivity index (χ2n) is 6.33. The van der Waals surface area contributed by atoms with Gasteiger partial charge in [0.2, 0.25) is 0 Å². The molecule has 3 atom stereocenters. The number of rotatable bonds is 10. The summed E-state index contributed by atoms with van der Waals surface area (Å²) in [5, 5.41) is 12.8. The average molecular weight is 272 g/mol. The molecular formula is C15H32N2O2. The van der Waals surface area contributed by atoms with E-state index in [0.717, 1.165) is 25.5 Å². The Kier molecular flexibility index (Phi) is 6.74. The highest BCUT2D eigenvalue weighted by atomic mass is 16.5. The lowest BCUT2D eigenvalue weighted by Gasteiger charge is -2.39. The average Bonchev–Trinajstić information content (AvgIpc) is 3.23. The summed E-state index contributed by atoms with van der Waals surface area (Å²) >= 11 is 0. The summed E-state index contributed by atoms with van der Waals surface area (Å²) in [5.74, 6) is 0.856. The quantitative estimate of drug-likeness (QED) is 0.632. The van der Waals surface area contributed by atoms with Gasteiger partial charge in [0.25, 0.3) is 0 Å². The highest BCUT2D eigenvalue weighted by molar-refractivity contribution is 4.91. The van der Waals surface area contributed by atoms with Gasteiger partial charge < -0.3 is 15.2 Å². The van der Waals surface area contributed by atoms with Crippen molar-refractivity contribution in [1.82, 2.24) is 10.2 Å². The van der Waals surface area contributed by atoms with Crippen LogP contribution >= 0.6 is 0 Å². The Bertz CT molecular complexity index is 253. The molecule has 0 amide bonds. The fourth-order valence-electron chi connectivity index (χ4n) is 2.89. The van der Waals surface area contributed by atoms with E-state index >= 15 is 0 Å². The molecule has 0 aromatic rings.